The molecule has 35 heavy (non-hydrogen) atoms. The number of hydrogen-bond donors (Lipinski definition) is 1. The van der Waals surface area contributed by atoms with Gasteiger partial charge in [-0.15, -0.1) is 0 Å². The Hall–Kier alpha value is -3.36. The summed E-state index contributed by atoms with van der Waals surface area (Å²) in [6.07, 6.45) is 3.79. The van der Waals surface area contributed by atoms with E-state index in [0.717, 1.165) is 44.2 Å². The van der Waals surface area contributed by atoms with Crippen molar-refractivity contribution in [1.82, 2.24) is 24.9 Å². The fourth-order valence-electron chi connectivity index (χ4n) is 4.79. The molecular formula is C26H29ClN6O2. The molecule has 3 heterocycles. The molecule has 0 bridgehead atoms. The largest absolute Gasteiger partial charge is 0.340 e. The smallest absolute Gasteiger partial charge is 0.325 e. The van der Waals surface area contributed by atoms with Gasteiger partial charge in [0.2, 0.25) is 0 Å². The van der Waals surface area contributed by atoms with Crippen LogP contribution in [0.25, 0.3) is 6.08 Å². The van der Waals surface area contributed by atoms with Crippen molar-refractivity contribution in [3.63, 3.8) is 0 Å². The maximum atomic E-state index is 12.9. The van der Waals surface area contributed by atoms with E-state index in [0.29, 0.717) is 11.6 Å². The molecule has 3 aliphatic rings. The molecule has 1 N–H and O–H groups in total. The third kappa shape index (κ3) is 4.90. The summed E-state index contributed by atoms with van der Waals surface area (Å²) >= 11 is 6.45. The third-order valence-electron chi connectivity index (χ3n) is 6.77. The van der Waals surface area contributed by atoms with Gasteiger partial charge in [-0.1, -0.05) is 72.3 Å². The minimum atomic E-state index is -0.587. The Morgan fingerprint density at radius 2 is 1.74 bits per heavy atom. The lowest BCUT2D eigenvalue weighted by Crippen LogP contribution is -2.64. The number of rotatable bonds is 5. The van der Waals surface area contributed by atoms with Gasteiger partial charge in [-0.05, 0) is 17.2 Å². The lowest BCUT2D eigenvalue weighted by atomic mass is 10.1. The SMILES string of the molecule is CN1C(=O)NC(=O)C2C1N=C(N1CCN(C/C=C\c3ccccc3)CC1)N2Cc1ccccc1Cl. The number of fused-ring (bicyclic) bond motifs is 1. The number of amides is 3. The third-order valence-corrected chi connectivity index (χ3v) is 7.13. The summed E-state index contributed by atoms with van der Waals surface area (Å²) in [7, 11) is 1.68. The zero-order valence-electron chi connectivity index (χ0n) is 19.7. The van der Waals surface area contributed by atoms with Crippen molar-refractivity contribution < 1.29 is 9.59 Å². The molecule has 2 aromatic carbocycles. The summed E-state index contributed by atoms with van der Waals surface area (Å²) in [6.45, 7) is 4.66. The van der Waals surface area contributed by atoms with Crippen molar-refractivity contribution >= 4 is 35.6 Å². The maximum Gasteiger partial charge on any atom is 0.325 e. The number of benzene rings is 2. The van der Waals surface area contributed by atoms with Crippen molar-refractivity contribution in [3.05, 3.63) is 76.8 Å². The summed E-state index contributed by atoms with van der Waals surface area (Å²) in [6, 6.07) is 16.9. The first kappa shape index (κ1) is 23.4. The number of halogens is 1. The highest BCUT2D eigenvalue weighted by molar-refractivity contribution is 6.31. The zero-order valence-corrected chi connectivity index (χ0v) is 20.4. The van der Waals surface area contributed by atoms with Crippen LogP contribution in [0.1, 0.15) is 11.1 Å². The molecule has 2 fully saturated rings. The molecule has 0 radical (unpaired) electrons. The van der Waals surface area contributed by atoms with Crippen molar-refractivity contribution in [2.45, 2.75) is 18.8 Å². The van der Waals surface area contributed by atoms with Crippen LogP contribution in [0.3, 0.4) is 0 Å². The van der Waals surface area contributed by atoms with Crippen LogP contribution in [0.2, 0.25) is 5.02 Å². The molecule has 2 saturated heterocycles. The Morgan fingerprint density at radius 3 is 2.49 bits per heavy atom. The number of urea groups is 1. The number of nitrogens with one attached hydrogen (secondary N) is 1. The Morgan fingerprint density at radius 1 is 1.03 bits per heavy atom. The molecular weight excluding hydrogens is 464 g/mol. The summed E-state index contributed by atoms with van der Waals surface area (Å²) in [5, 5.41) is 3.11. The number of nitrogens with zero attached hydrogens (tertiary/aromatic N) is 5. The van der Waals surface area contributed by atoms with Gasteiger partial charge in [0, 0.05) is 51.3 Å². The standard InChI is InChI=1S/C26H29ClN6O2/c1-30-23-22(24(34)29-26(30)35)33(18-20-11-5-6-12-21(20)27)25(28-23)32-16-14-31(15-17-32)13-7-10-19-8-3-2-4-9-19/h2-12,22-23H,13-18H2,1H3,(H,29,34,35)/b10-7-. The van der Waals surface area contributed by atoms with Crippen LogP contribution in [0, 0.1) is 0 Å². The van der Waals surface area contributed by atoms with Gasteiger partial charge in [0.25, 0.3) is 5.91 Å². The number of aliphatic imine (C=N–C) groups is 1. The molecule has 5 rings (SSSR count). The first-order valence-corrected chi connectivity index (χ1v) is 12.2. The molecule has 2 unspecified atom stereocenters. The van der Waals surface area contributed by atoms with Gasteiger partial charge in [-0.2, -0.15) is 0 Å². The van der Waals surface area contributed by atoms with Crippen molar-refractivity contribution in [1.29, 1.82) is 0 Å². The molecule has 9 heteroatoms. The second-order valence-corrected chi connectivity index (χ2v) is 9.42. The fourth-order valence-corrected chi connectivity index (χ4v) is 4.98. The van der Waals surface area contributed by atoms with Crippen LogP contribution in [-0.4, -0.2) is 89.5 Å². The highest BCUT2D eigenvalue weighted by Gasteiger charge is 2.49. The van der Waals surface area contributed by atoms with E-state index in [9.17, 15) is 9.59 Å². The first-order chi connectivity index (χ1) is 17.0. The van der Waals surface area contributed by atoms with E-state index >= 15 is 0 Å². The van der Waals surface area contributed by atoms with Crippen molar-refractivity contribution in [3.8, 4) is 0 Å². The lowest BCUT2D eigenvalue weighted by Gasteiger charge is -2.40. The predicted octanol–water partition coefficient (Wildman–Crippen LogP) is 2.72. The van der Waals surface area contributed by atoms with Crippen LogP contribution in [0.5, 0.6) is 0 Å². The molecule has 0 aromatic heterocycles. The summed E-state index contributed by atoms with van der Waals surface area (Å²) < 4.78 is 0. The van der Waals surface area contributed by atoms with Crippen LogP contribution in [0.4, 0.5) is 4.79 Å². The van der Waals surface area contributed by atoms with E-state index in [-0.39, 0.29) is 5.91 Å². The van der Waals surface area contributed by atoms with Gasteiger partial charge in [0.15, 0.2) is 18.2 Å². The molecule has 2 aromatic rings. The van der Waals surface area contributed by atoms with Crippen LogP contribution < -0.4 is 5.32 Å². The van der Waals surface area contributed by atoms with E-state index in [2.05, 4.69) is 39.4 Å². The molecule has 3 amide bonds. The zero-order chi connectivity index (χ0) is 24.4. The Kier molecular flexibility index (Phi) is 6.74. The molecule has 8 nitrogen and oxygen atoms in total. The number of carbonyl (C=O) groups excluding carboxylic acids is 2. The van der Waals surface area contributed by atoms with Crippen LogP contribution in [-0.2, 0) is 11.3 Å². The van der Waals surface area contributed by atoms with E-state index in [4.69, 9.17) is 16.6 Å². The topological polar surface area (TPSA) is 71.5 Å². The van der Waals surface area contributed by atoms with E-state index in [1.54, 1.807) is 7.05 Å². The Balaban J connectivity index is 1.30. The van der Waals surface area contributed by atoms with E-state index in [1.807, 2.05) is 47.4 Å². The number of carbonyl (C=O) groups is 2. The van der Waals surface area contributed by atoms with Crippen molar-refractivity contribution in [2.24, 2.45) is 4.99 Å². The molecule has 2 atom stereocenters. The van der Waals surface area contributed by atoms with Crippen molar-refractivity contribution in [2.75, 3.05) is 39.8 Å². The minimum absolute atomic E-state index is 0.325. The lowest BCUT2D eigenvalue weighted by molar-refractivity contribution is -0.127. The van der Waals surface area contributed by atoms with Gasteiger partial charge in [-0.25, -0.2) is 9.79 Å². The molecule has 3 aliphatic heterocycles. The normalized spacial score (nSPS) is 23.0. The summed E-state index contributed by atoms with van der Waals surface area (Å²) in [5.41, 5.74) is 2.11. The number of guanidine groups is 1. The number of imide groups is 1. The maximum absolute atomic E-state index is 12.9. The van der Waals surface area contributed by atoms with E-state index in [1.165, 1.54) is 10.5 Å². The molecule has 0 saturated carbocycles. The highest BCUT2D eigenvalue weighted by Crippen LogP contribution is 2.29. The predicted molar refractivity (Wildman–Crippen MR) is 137 cm³/mol. The number of piperazine rings is 1. The molecule has 0 aliphatic carbocycles. The van der Waals surface area contributed by atoms with Gasteiger partial charge in [0.1, 0.15) is 0 Å². The average Bonchev–Trinajstić information content (AvgIpc) is 3.25. The van der Waals surface area contributed by atoms with Gasteiger partial charge >= 0.3 is 6.03 Å². The van der Waals surface area contributed by atoms with Gasteiger partial charge in [-0.3, -0.25) is 15.0 Å². The average molecular weight is 493 g/mol. The minimum Gasteiger partial charge on any atom is -0.340 e. The summed E-state index contributed by atoms with van der Waals surface area (Å²) in [5.74, 6) is 0.421. The molecule has 182 valence electrons. The van der Waals surface area contributed by atoms with Gasteiger partial charge < -0.3 is 14.7 Å². The quantitative estimate of drug-likeness (QED) is 0.695. The second kappa shape index (κ2) is 10.1. The van der Waals surface area contributed by atoms with Gasteiger partial charge in [0.05, 0.1) is 0 Å². The van der Waals surface area contributed by atoms with Crippen LogP contribution >= 0.6 is 11.6 Å². The fraction of sp³-hybridized carbons (Fsp3) is 0.346. The molecule has 0 spiro atoms. The first-order valence-electron chi connectivity index (χ1n) is 11.9. The second-order valence-electron chi connectivity index (χ2n) is 9.01. The number of hydrogen-bond acceptors (Lipinski definition) is 6. The monoisotopic (exact) mass is 492 g/mol. The number of likely N-dealkylation sites (N-methyl/N-ethyl adjacent to an activating group) is 1. The summed E-state index contributed by atoms with van der Waals surface area (Å²) in [4.78, 5) is 38.2. The van der Waals surface area contributed by atoms with Crippen LogP contribution in [0.15, 0.2) is 65.7 Å². The highest BCUT2D eigenvalue weighted by atomic mass is 35.5. The Labute approximate surface area is 210 Å². The van der Waals surface area contributed by atoms with E-state index < -0.39 is 18.2 Å². The Bertz CT molecular complexity index is 1150.